The van der Waals surface area contributed by atoms with E-state index in [0.29, 0.717) is 5.56 Å². The highest BCUT2D eigenvalue weighted by Crippen LogP contribution is 2.39. The SMILES string of the molecule is CC(F)(F)C(F)(F)OC(F)(F)C(=O)NCc1ccc(CN)cc1. The number of carbonyl (C=O) groups excluding carboxylic acids is 1. The van der Waals surface area contributed by atoms with E-state index < -0.39 is 30.6 Å². The predicted molar refractivity (Wildman–Crippen MR) is 67.8 cm³/mol. The van der Waals surface area contributed by atoms with Gasteiger partial charge in [-0.2, -0.15) is 26.3 Å². The van der Waals surface area contributed by atoms with Crippen LogP contribution in [0.1, 0.15) is 18.1 Å². The Morgan fingerprint density at radius 3 is 2.00 bits per heavy atom. The zero-order chi connectivity index (χ0) is 17.9. The van der Waals surface area contributed by atoms with Crippen molar-refractivity contribution in [2.45, 2.75) is 38.2 Å². The van der Waals surface area contributed by atoms with Crippen LogP contribution >= 0.6 is 0 Å². The molecule has 0 heterocycles. The highest BCUT2D eigenvalue weighted by Gasteiger charge is 2.61. The van der Waals surface area contributed by atoms with Gasteiger partial charge in [-0.05, 0) is 11.1 Å². The van der Waals surface area contributed by atoms with Crippen LogP contribution in [0.3, 0.4) is 0 Å². The highest BCUT2D eigenvalue weighted by atomic mass is 19.3. The van der Waals surface area contributed by atoms with Gasteiger partial charge in [0.1, 0.15) is 0 Å². The van der Waals surface area contributed by atoms with Gasteiger partial charge in [-0.15, -0.1) is 0 Å². The standard InChI is InChI=1S/C13H14F6N2O2/c1-11(14,15)13(18,19)23-12(16,17)10(22)21-7-9-4-2-8(6-20)3-5-9/h2-5H,6-7,20H2,1H3,(H,21,22). The van der Waals surface area contributed by atoms with Crippen molar-refractivity contribution in [2.75, 3.05) is 0 Å². The molecular weight excluding hydrogens is 330 g/mol. The average molecular weight is 344 g/mol. The normalized spacial score (nSPS) is 13.0. The molecule has 1 amide bonds. The van der Waals surface area contributed by atoms with Gasteiger partial charge in [0.15, 0.2) is 0 Å². The van der Waals surface area contributed by atoms with Crippen LogP contribution in [0.2, 0.25) is 0 Å². The van der Waals surface area contributed by atoms with Crippen molar-refractivity contribution in [3.63, 3.8) is 0 Å². The largest absolute Gasteiger partial charge is 0.441 e. The smallest absolute Gasteiger partial charge is 0.344 e. The molecule has 0 bridgehead atoms. The summed E-state index contributed by atoms with van der Waals surface area (Å²) in [4.78, 5) is 11.2. The van der Waals surface area contributed by atoms with Gasteiger partial charge in [-0.3, -0.25) is 4.79 Å². The van der Waals surface area contributed by atoms with E-state index in [0.717, 1.165) is 5.56 Å². The van der Waals surface area contributed by atoms with Crippen molar-refractivity contribution in [2.24, 2.45) is 5.73 Å². The zero-order valence-corrected chi connectivity index (χ0v) is 11.9. The number of alkyl halides is 6. The maximum Gasteiger partial charge on any atom is 0.441 e. The summed E-state index contributed by atoms with van der Waals surface area (Å²) in [7, 11) is 0. The first-order chi connectivity index (χ1) is 10.4. The van der Waals surface area contributed by atoms with Gasteiger partial charge >= 0.3 is 24.0 Å². The third-order valence-corrected chi connectivity index (χ3v) is 2.74. The number of amides is 1. The number of nitrogens with two attached hydrogens (primary N) is 1. The number of carbonyl (C=O) groups is 1. The molecule has 130 valence electrons. The van der Waals surface area contributed by atoms with Crippen molar-refractivity contribution >= 4 is 5.91 Å². The predicted octanol–water partition coefficient (Wildman–Crippen LogP) is 2.62. The van der Waals surface area contributed by atoms with Crippen LogP contribution in [0.5, 0.6) is 0 Å². The summed E-state index contributed by atoms with van der Waals surface area (Å²) in [6.45, 7) is -0.491. The fourth-order valence-electron chi connectivity index (χ4n) is 1.38. The lowest BCUT2D eigenvalue weighted by atomic mass is 10.1. The Morgan fingerprint density at radius 1 is 1.09 bits per heavy atom. The van der Waals surface area contributed by atoms with Crippen molar-refractivity contribution in [3.8, 4) is 0 Å². The van der Waals surface area contributed by atoms with Crippen molar-refractivity contribution in [1.82, 2.24) is 5.32 Å². The molecule has 0 saturated heterocycles. The molecule has 1 aromatic rings. The molecule has 4 nitrogen and oxygen atoms in total. The molecule has 3 N–H and O–H groups in total. The first-order valence-electron chi connectivity index (χ1n) is 6.29. The molecule has 1 rings (SSSR count). The first-order valence-corrected chi connectivity index (χ1v) is 6.29. The number of nitrogens with one attached hydrogen (secondary N) is 1. The van der Waals surface area contributed by atoms with E-state index in [4.69, 9.17) is 5.73 Å². The quantitative estimate of drug-likeness (QED) is 0.748. The Balaban J connectivity index is 2.68. The second-order valence-electron chi connectivity index (χ2n) is 4.73. The first kappa shape index (κ1) is 19.2. The second kappa shape index (κ2) is 6.75. The molecule has 0 atom stereocenters. The topological polar surface area (TPSA) is 64.3 Å². The second-order valence-corrected chi connectivity index (χ2v) is 4.73. The van der Waals surface area contributed by atoms with E-state index in [9.17, 15) is 31.1 Å². The van der Waals surface area contributed by atoms with Crippen molar-refractivity contribution < 1.29 is 35.9 Å². The number of rotatable bonds is 7. The molecule has 10 heteroatoms. The Kier molecular flexibility index (Phi) is 5.65. The molecular formula is C13H14F6N2O2. The van der Waals surface area contributed by atoms with Gasteiger partial charge in [0.05, 0.1) is 0 Å². The van der Waals surface area contributed by atoms with Gasteiger partial charge in [-0.25, -0.2) is 4.74 Å². The number of halogens is 6. The Labute approximate surface area is 127 Å². The van der Waals surface area contributed by atoms with E-state index >= 15 is 0 Å². The highest BCUT2D eigenvalue weighted by molar-refractivity contribution is 5.81. The number of ether oxygens (including phenoxy) is 1. The summed E-state index contributed by atoms with van der Waals surface area (Å²) in [5, 5.41) is 1.63. The minimum atomic E-state index is -5.50. The van der Waals surface area contributed by atoms with Crippen molar-refractivity contribution in [3.05, 3.63) is 35.4 Å². The fraction of sp³-hybridized carbons (Fsp3) is 0.462. The van der Waals surface area contributed by atoms with Crippen LogP contribution in [0.25, 0.3) is 0 Å². The summed E-state index contributed by atoms with van der Waals surface area (Å²) in [5.41, 5.74) is 6.48. The Bertz CT molecular complexity index is 542. The van der Waals surface area contributed by atoms with E-state index in [1.165, 1.54) is 12.1 Å². The fourth-order valence-corrected chi connectivity index (χ4v) is 1.38. The maximum absolute atomic E-state index is 13.2. The van der Waals surface area contributed by atoms with Crippen LogP contribution < -0.4 is 11.1 Å². The summed E-state index contributed by atoms with van der Waals surface area (Å²) in [6.07, 6.45) is -10.6. The lowest BCUT2D eigenvalue weighted by Crippen LogP contribution is -2.51. The van der Waals surface area contributed by atoms with Crippen LogP contribution in [0.15, 0.2) is 24.3 Å². The summed E-state index contributed by atoms with van der Waals surface area (Å²) >= 11 is 0. The molecule has 0 aliphatic rings. The maximum atomic E-state index is 13.2. The molecule has 1 aromatic carbocycles. The van der Waals surface area contributed by atoms with Crippen LogP contribution in [-0.4, -0.2) is 24.0 Å². The minimum absolute atomic E-state index is 0.249. The molecule has 23 heavy (non-hydrogen) atoms. The number of hydrogen-bond acceptors (Lipinski definition) is 3. The van der Waals surface area contributed by atoms with E-state index in [-0.39, 0.29) is 13.5 Å². The summed E-state index contributed by atoms with van der Waals surface area (Å²) < 4.78 is 79.6. The zero-order valence-electron chi connectivity index (χ0n) is 11.9. The molecule has 0 radical (unpaired) electrons. The minimum Gasteiger partial charge on any atom is -0.344 e. The van der Waals surface area contributed by atoms with Crippen LogP contribution in [0.4, 0.5) is 26.3 Å². The van der Waals surface area contributed by atoms with E-state index in [1.54, 1.807) is 17.4 Å². The third-order valence-electron chi connectivity index (χ3n) is 2.74. The van der Waals surface area contributed by atoms with Crippen molar-refractivity contribution in [1.29, 1.82) is 0 Å². The molecule has 0 unspecified atom stereocenters. The molecule has 0 fully saturated rings. The molecule has 0 aliphatic heterocycles. The van der Waals surface area contributed by atoms with Crippen LogP contribution in [-0.2, 0) is 22.6 Å². The number of benzene rings is 1. The van der Waals surface area contributed by atoms with Gasteiger partial charge < -0.3 is 11.1 Å². The van der Waals surface area contributed by atoms with E-state index in [1.807, 2.05) is 0 Å². The lowest BCUT2D eigenvalue weighted by Gasteiger charge is -2.26. The van der Waals surface area contributed by atoms with Crippen LogP contribution in [0, 0.1) is 0 Å². The third kappa shape index (κ3) is 5.10. The van der Waals surface area contributed by atoms with Gasteiger partial charge in [0.2, 0.25) is 0 Å². The van der Waals surface area contributed by atoms with E-state index in [2.05, 4.69) is 4.74 Å². The summed E-state index contributed by atoms with van der Waals surface area (Å²) in [5.74, 6) is -7.14. The molecule has 0 aliphatic carbocycles. The van der Waals surface area contributed by atoms with Gasteiger partial charge in [-0.1, -0.05) is 24.3 Å². The average Bonchev–Trinajstić information content (AvgIpc) is 2.42. The monoisotopic (exact) mass is 344 g/mol. The number of hydrogen-bond donors (Lipinski definition) is 2. The Hall–Kier alpha value is -1.81. The van der Waals surface area contributed by atoms with Gasteiger partial charge in [0.25, 0.3) is 0 Å². The molecule has 0 spiro atoms. The molecule has 0 saturated carbocycles. The lowest BCUT2D eigenvalue weighted by molar-refractivity contribution is -0.413. The summed E-state index contributed by atoms with van der Waals surface area (Å²) in [6, 6.07) is 6.08. The molecule has 0 aromatic heterocycles. The Morgan fingerprint density at radius 2 is 1.57 bits per heavy atom. The van der Waals surface area contributed by atoms with Gasteiger partial charge in [0, 0.05) is 20.0 Å².